The summed E-state index contributed by atoms with van der Waals surface area (Å²) in [6.07, 6.45) is 2.18. The van der Waals surface area contributed by atoms with E-state index in [1.165, 1.54) is 16.7 Å². The molecule has 1 fully saturated rings. The second-order valence-electron chi connectivity index (χ2n) is 9.79. The van der Waals surface area contributed by atoms with Gasteiger partial charge in [0.15, 0.2) is 5.69 Å². The molecule has 3 heterocycles. The van der Waals surface area contributed by atoms with Crippen molar-refractivity contribution in [1.82, 2.24) is 4.57 Å². The van der Waals surface area contributed by atoms with Gasteiger partial charge in [-0.05, 0) is 60.4 Å². The maximum atomic E-state index is 13.3. The molecule has 2 unspecified atom stereocenters. The number of hydrogen-bond acceptors (Lipinski definition) is 5. The predicted octanol–water partition coefficient (Wildman–Crippen LogP) is 6.72. The molecular weight excluding hydrogens is 485 g/mol. The van der Waals surface area contributed by atoms with Gasteiger partial charge in [0.1, 0.15) is 22.8 Å². The van der Waals surface area contributed by atoms with Crippen molar-refractivity contribution in [3.05, 3.63) is 89.0 Å². The molecule has 2 atom stereocenters. The molecular formula is C30H24FN3O4. The van der Waals surface area contributed by atoms with Gasteiger partial charge in [-0.3, -0.25) is 4.57 Å². The van der Waals surface area contributed by atoms with Crippen molar-refractivity contribution < 1.29 is 24.1 Å². The minimum absolute atomic E-state index is 0.126. The highest BCUT2D eigenvalue weighted by Gasteiger charge is 2.63. The zero-order chi connectivity index (χ0) is 26.5. The number of nitrogens with zero attached hydrogens (tertiary/aromatic N) is 3. The summed E-state index contributed by atoms with van der Waals surface area (Å²) in [5, 5.41) is 34.0. The number of benzene rings is 3. The molecule has 3 aromatic carbocycles. The van der Waals surface area contributed by atoms with Crippen LogP contribution in [0.3, 0.4) is 0 Å². The molecule has 2 bridgehead atoms. The van der Waals surface area contributed by atoms with Crippen LogP contribution in [0.15, 0.2) is 60.7 Å². The third-order valence-corrected chi connectivity index (χ3v) is 7.82. The first-order valence-electron chi connectivity index (χ1n) is 12.5. The molecule has 7 nitrogen and oxygen atoms in total. The minimum Gasteiger partial charge on any atom is -0.494 e. The van der Waals surface area contributed by atoms with Gasteiger partial charge >= 0.3 is 0 Å². The Balaban J connectivity index is 1.46. The van der Waals surface area contributed by atoms with Gasteiger partial charge in [-0.1, -0.05) is 30.3 Å². The van der Waals surface area contributed by atoms with Crippen LogP contribution in [0.4, 0.5) is 10.1 Å². The molecule has 0 aliphatic carbocycles. The molecule has 0 radical (unpaired) electrons. The Morgan fingerprint density at radius 3 is 2.29 bits per heavy atom. The van der Waals surface area contributed by atoms with Crippen molar-refractivity contribution in [1.29, 1.82) is 5.26 Å². The van der Waals surface area contributed by atoms with Gasteiger partial charge in [-0.15, -0.1) is 0 Å². The van der Waals surface area contributed by atoms with Gasteiger partial charge in [-0.2, -0.15) is 5.26 Å². The molecule has 190 valence electrons. The SMILES string of the molecule is [C-]#[N+]c1ccc(-n2c(O)c3c(c2O)C2(CCOc4ccc(F)cc4)CCC3(CCC#N)O2)c2ccccc12. The van der Waals surface area contributed by atoms with Crippen LogP contribution in [0, 0.1) is 23.7 Å². The van der Waals surface area contributed by atoms with E-state index >= 15 is 0 Å². The topological polar surface area (TPSA) is 92.0 Å². The van der Waals surface area contributed by atoms with Crippen molar-refractivity contribution >= 4 is 16.5 Å². The Hall–Kier alpha value is -4.53. The predicted molar refractivity (Wildman–Crippen MR) is 138 cm³/mol. The van der Waals surface area contributed by atoms with Crippen LogP contribution < -0.4 is 4.74 Å². The summed E-state index contributed by atoms with van der Waals surface area (Å²) in [5.41, 5.74) is 0.234. The fourth-order valence-corrected chi connectivity index (χ4v) is 6.15. The van der Waals surface area contributed by atoms with E-state index in [1.54, 1.807) is 24.3 Å². The van der Waals surface area contributed by atoms with Crippen LogP contribution in [0.25, 0.3) is 21.3 Å². The van der Waals surface area contributed by atoms with E-state index in [0.29, 0.717) is 64.7 Å². The summed E-state index contributed by atoms with van der Waals surface area (Å²) in [5.74, 6) is -0.0852. The third kappa shape index (κ3) is 3.42. The Kier molecular flexibility index (Phi) is 5.52. The van der Waals surface area contributed by atoms with E-state index < -0.39 is 11.2 Å². The lowest BCUT2D eigenvalue weighted by Gasteiger charge is -2.27. The molecule has 0 spiro atoms. The zero-order valence-corrected chi connectivity index (χ0v) is 20.4. The standard InChI is InChI=1S/C30H24FN3O4/c1-33-23-11-12-24(22-6-3-2-5-21(22)23)34-27(35)25-26(28(34)36)30(15-14-29(25,38-30)13-4-17-32)16-18-37-20-9-7-19(31)8-10-20/h2-3,5-12,35-36H,4,13-16,18H2. The van der Waals surface area contributed by atoms with Crippen LogP contribution in [0.2, 0.25) is 0 Å². The van der Waals surface area contributed by atoms with E-state index in [1.807, 2.05) is 24.3 Å². The van der Waals surface area contributed by atoms with Gasteiger partial charge in [0.2, 0.25) is 11.8 Å². The molecule has 38 heavy (non-hydrogen) atoms. The fourth-order valence-electron chi connectivity index (χ4n) is 6.15. The average molecular weight is 510 g/mol. The fraction of sp³-hybridized carbons (Fsp3) is 0.267. The lowest BCUT2D eigenvalue weighted by molar-refractivity contribution is -0.100. The maximum absolute atomic E-state index is 13.3. The van der Waals surface area contributed by atoms with Gasteiger partial charge in [0.25, 0.3) is 0 Å². The number of fused-ring (bicyclic) bond motifs is 6. The molecule has 2 N–H and O–H groups in total. The van der Waals surface area contributed by atoms with Crippen molar-refractivity contribution in [3.63, 3.8) is 0 Å². The second-order valence-corrected chi connectivity index (χ2v) is 9.79. The molecule has 4 aromatic rings. The van der Waals surface area contributed by atoms with E-state index in [2.05, 4.69) is 10.9 Å². The van der Waals surface area contributed by atoms with Gasteiger partial charge in [0, 0.05) is 12.8 Å². The quantitative estimate of drug-likeness (QED) is 0.270. The van der Waals surface area contributed by atoms with Crippen LogP contribution in [0.1, 0.15) is 43.2 Å². The van der Waals surface area contributed by atoms with E-state index in [0.717, 1.165) is 0 Å². The van der Waals surface area contributed by atoms with Gasteiger partial charge in [0.05, 0.1) is 36.1 Å². The highest BCUT2D eigenvalue weighted by Crippen LogP contribution is 2.67. The van der Waals surface area contributed by atoms with E-state index in [-0.39, 0.29) is 30.6 Å². The lowest BCUT2D eigenvalue weighted by Crippen LogP contribution is -2.26. The molecule has 0 saturated carbocycles. The van der Waals surface area contributed by atoms with Crippen LogP contribution >= 0.6 is 0 Å². The Bertz CT molecular complexity index is 1650. The monoisotopic (exact) mass is 509 g/mol. The largest absolute Gasteiger partial charge is 0.494 e. The Morgan fingerprint density at radius 1 is 0.974 bits per heavy atom. The van der Waals surface area contributed by atoms with Crippen LogP contribution in [-0.4, -0.2) is 21.4 Å². The molecule has 2 aliphatic rings. The molecule has 1 aromatic heterocycles. The number of aromatic nitrogens is 1. The molecule has 1 saturated heterocycles. The summed E-state index contributed by atoms with van der Waals surface area (Å²) in [6, 6.07) is 18.7. The van der Waals surface area contributed by atoms with Crippen LogP contribution in [0.5, 0.6) is 17.5 Å². The smallest absolute Gasteiger partial charge is 0.205 e. The number of hydrogen-bond donors (Lipinski definition) is 2. The number of rotatable bonds is 7. The average Bonchev–Trinajstić information content (AvgIpc) is 3.54. The number of nitriles is 1. The third-order valence-electron chi connectivity index (χ3n) is 7.82. The summed E-state index contributed by atoms with van der Waals surface area (Å²) < 4.78 is 27.2. The van der Waals surface area contributed by atoms with Crippen LogP contribution in [-0.2, 0) is 15.9 Å². The second kappa shape index (κ2) is 8.79. The lowest BCUT2D eigenvalue weighted by atomic mass is 9.75. The summed E-state index contributed by atoms with van der Waals surface area (Å²) >= 11 is 0. The zero-order valence-electron chi connectivity index (χ0n) is 20.4. The number of halogens is 1. The highest BCUT2D eigenvalue weighted by molar-refractivity contribution is 6.00. The van der Waals surface area contributed by atoms with Crippen molar-refractivity contribution in [2.45, 2.75) is 43.3 Å². The van der Waals surface area contributed by atoms with Gasteiger partial charge in [-0.25, -0.2) is 9.24 Å². The summed E-state index contributed by atoms with van der Waals surface area (Å²) in [4.78, 5) is 3.61. The molecule has 2 aliphatic heterocycles. The van der Waals surface area contributed by atoms with Crippen molar-refractivity contribution in [2.75, 3.05) is 6.61 Å². The first-order valence-corrected chi connectivity index (χ1v) is 12.5. The normalized spacial score (nSPS) is 21.2. The first kappa shape index (κ1) is 23.8. The molecule has 0 amide bonds. The maximum Gasteiger partial charge on any atom is 0.205 e. The Morgan fingerprint density at radius 2 is 1.63 bits per heavy atom. The Labute approximate surface area is 218 Å². The summed E-state index contributed by atoms with van der Waals surface area (Å²) in [6.45, 7) is 7.77. The van der Waals surface area contributed by atoms with Gasteiger partial charge < -0.3 is 19.7 Å². The number of aromatic hydroxyl groups is 2. The highest BCUT2D eigenvalue weighted by atomic mass is 19.1. The van der Waals surface area contributed by atoms with Crippen molar-refractivity contribution in [2.24, 2.45) is 0 Å². The molecule has 8 heteroatoms. The first-order chi connectivity index (χ1) is 18.4. The van der Waals surface area contributed by atoms with E-state index in [4.69, 9.17) is 16.0 Å². The minimum atomic E-state index is -0.913. The molecule has 6 rings (SSSR count). The summed E-state index contributed by atoms with van der Waals surface area (Å²) in [7, 11) is 0. The van der Waals surface area contributed by atoms with Crippen molar-refractivity contribution in [3.8, 4) is 29.3 Å². The van der Waals surface area contributed by atoms with E-state index in [9.17, 15) is 19.9 Å². The number of ether oxygens (including phenoxy) is 2.